The van der Waals surface area contributed by atoms with Crippen molar-refractivity contribution in [3.63, 3.8) is 0 Å². The maximum Gasteiger partial charge on any atom is 0.160 e. The third-order valence-electron chi connectivity index (χ3n) is 10.2. The second kappa shape index (κ2) is 12.5. The summed E-state index contributed by atoms with van der Waals surface area (Å²) in [5, 5.41) is 10.0. The van der Waals surface area contributed by atoms with Gasteiger partial charge in [-0.05, 0) is 89.6 Å². The van der Waals surface area contributed by atoms with E-state index in [-0.39, 0.29) is 0 Å². The molecule has 0 spiro atoms. The second-order valence-electron chi connectivity index (χ2n) is 13.4. The Labute approximate surface area is 302 Å². The topological polar surface area (TPSA) is 25.8 Å². The highest BCUT2D eigenvalue weighted by Gasteiger charge is 2.14. The summed E-state index contributed by atoms with van der Waals surface area (Å²) in [5.41, 5.74) is 9.85. The molecule has 10 rings (SSSR count). The molecule has 0 aliphatic heterocycles. The minimum Gasteiger partial charge on any atom is -0.228 e. The number of hydrogen-bond donors (Lipinski definition) is 0. The van der Waals surface area contributed by atoms with Gasteiger partial charge in [-0.15, -0.1) is 0 Å². The van der Waals surface area contributed by atoms with E-state index in [1.165, 1.54) is 65.3 Å². The van der Waals surface area contributed by atoms with Gasteiger partial charge < -0.3 is 0 Å². The first-order chi connectivity index (χ1) is 25.7. The van der Waals surface area contributed by atoms with Crippen LogP contribution >= 0.6 is 0 Å². The number of benzene rings is 9. The molecule has 2 heteroatoms. The van der Waals surface area contributed by atoms with Gasteiger partial charge in [-0.1, -0.05) is 170 Å². The molecule has 0 radical (unpaired) electrons. The van der Waals surface area contributed by atoms with Gasteiger partial charge in [-0.3, -0.25) is 0 Å². The maximum absolute atomic E-state index is 5.05. The van der Waals surface area contributed by atoms with E-state index in [1.54, 1.807) is 0 Å². The van der Waals surface area contributed by atoms with Gasteiger partial charge in [0.1, 0.15) is 0 Å². The van der Waals surface area contributed by atoms with Crippen molar-refractivity contribution in [2.75, 3.05) is 0 Å². The SMILES string of the molecule is c1ccc(-c2cc(-c3ccc4cc(-c5ccc(-c6c7ccccc7cc7c6ccc6ccccc67)cc5)ccc4c3)nc(-c3ccccc3)n2)cc1. The van der Waals surface area contributed by atoms with Crippen LogP contribution in [0.1, 0.15) is 0 Å². The third kappa shape index (κ3) is 5.30. The summed E-state index contributed by atoms with van der Waals surface area (Å²) in [6.07, 6.45) is 0. The first-order valence-electron chi connectivity index (χ1n) is 17.7. The Morgan fingerprint density at radius 3 is 1.54 bits per heavy atom. The molecular weight excluding hydrogens is 629 g/mol. The van der Waals surface area contributed by atoms with E-state index < -0.39 is 0 Å². The van der Waals surface area contributed by atoms with Gasteiger partial charge in [0, 0.05) is 16.7 Å². The van der Waals surface area contributed by atoms with Crippen molar-refractivity contribution in [3.8, 4) is 56.2 Å². The molecule has 1 heterocycles. The lowest BCUT2D eigenvalue weighted by molar-refractivity contribution is 1.18. The fourth-order valence-corrected chi connectivity index (χ4v) is 7.61. The van der Waals surface area contributed by atoms with Crippen LogP contribution in [0.4, 0.5) is 0 Å². The van der Waals surface area contributed by atoms with E-state index in [0.717, 1.165) is 33.9 Å². The summed E-state index contributed by atoms with van der Waals surface area (Å²) < 4.78 is 0. The lowest BCUT2D eigenvalue weighted by atomic mass is 9.89. The lowest BCUT2D eigenvalue weighted by Gasteiger charge is -2.14. The zero-order valence-electron chi connectivity index (χ0n) is 28.4. The number of nitrogens with zero attached hydrogens (tertiary/aromatic N) is 2. The summed E-state index contributed by atoms with van der Waals surface area (Å²) in [5.74, 6) is 0.723. The van der Waals surface area contributed by atoms with Gasteiger partial charge in [-0.25, -0.2) is 9.97 Å². The van der Waals surface area contributed by atoms with Crippen LogP contribution in [0.5, 0.6) is 0 Å². The van der Waals surface area contributed by atoms with Crippen LogP contribution in [-0.2, 0) is 0 Å². The van der Waals surface area contributed by atoms with E-state index in [2.05, 4.69) is 158 Å². The third-order valence-corrected chi connectivity index (χ3v) is 10.2. The molecule has 52 heavy (non-hydrogen) atoms. The second-order valence-corrected chi connectivity index (χ2v) is 13.4. The molecule has 0 fully saturated rings. The Kier molecular flexibility index (Phi) is 7.18. The van der Waals surface area contributed by atoms with Crippen LogP contribution in [0, 0.1) is 0 Å². The van der Waals surface area contributed by atoms with Crippen LogP contribution < -0.4 is 0 Å². The van der Waals surface area contributed by atoms with E-state index in [4.69, 9.17) is 9.97 Å². The van der Waals surface area contributed by atoms with E-state index in [9.17, 15) is 0 Å². The van der Waals surface area contributed by atoms with E-state index in [1.807, 2.05) is 36.4 Å². The van der Waals surface area contributed by atoms with Crippen molar-refractivity contribution in [1.29, 1.82) is 0 Å². The Morgan fingerprint density at radius 1 is 0.250 bits per heavy atom. The standard InChI is InChI=1S/C50H32N2/c1-3-12-35(13-4-1)47-32-48(52-50(51-47)37-14-5-2-6-15-37)42-26-25-39-29-38(23-24-40(39)30-42)33-19-21-36(22-20-33)49-44-18-10-8-16-41(44)31-46-43-17-9-7-11-34(43)27-28-45(46)49/h1-32H. The minimum absolute atomic E-state index is 0.723. The largest absolute Gasteiger partial charge is 0.228 e. The summed E-state index contributed by atoms with van der Waals surface area (Å²) in [7, 11) is 0. The van der Waals surface area contributed by atoms with Crippen LogP contribution in [0.25, 0.3) is 99.2 Å². The van der Waals surface area contributed by atoms with Crippen LogP contribution in [0.3, 0.4) is 0 Å². The summed E-state index contributed by atoms with van der Waals surface area (Å²) in [6.45, 7) is 0. The number of rotatable bonds is 5. The summed E-state index contributed by atoms with van der Waals surface area (Å²) >= 11 is 0. The molecule has 2 nitrogen and oxygen atoms in total. The minimum atomic E-state index is 0.723. The highest BCUT2D eigenvalue weighted by molar-refractivity contribution is 6.20. The molecule has 0 amide bonds. The van der Waals surface area contributed by atoms with Gasteiger partial charge in [0.2, 0.25) is 0 Å². The van der Waals surface area contributed by atoms with Gasteiger partial charge in [0.05, 0.1) is 11.4 Å². The van der Waals surface area contributed by atoms with Crippen LogP contribution in [-0.4, -0.2) is 9.97 Å². The van der Waals surface area contributed by atoms with Crippen molar-refractivity contribution in [2.24, 2.45) is 0 Å². The molecule has 0 atom stereocenters. The molecule has 0 aliphatic carbocycles. The van der Waals surface area contributed by atoms with E-state index in [0.29, 0.717) is 0 Å². The Morgan fingerprint density at radius 2 is 0.788 bits per heavy atom. The smallest absolute Gasteiger partial charge is 0.160 e. The number of aromatic nitrogens is 2. The average molecular weight is 661 g/mol. The van der Waals surface area contributed by atoms with Crippen molar-refractivity contribution < 1.29 is 0 Å². The number of hydrogen-bond acceptors (Lipinski definition) is 2. The van der Waals surface area contributed by atoms with Gasteiger partial charge >= 0.3 is 0 Å². The molecule has 242 valence electrons. The van der Waals surface area contributed by atoms with Crippen molar-refractivity contribution in [3.05, 3.63) is 194 Å². The van der Waals surface area contributed by atoms with Gasteiger partial charge in [0.25, 0.3) is 0 Å². The molecule has 0 saturated carbocycles. The Balaban J connectivity index is 1.02. The fourth-order valence-electron chi connectivity index (χ4n) is 7.61. The van der Waals surface area contributed by atoms with Crippen molar-refractivity contribution in [1.82, 2.24) is 9.97 Å². The zero-order valence-corrected chi connectivity index (χ0v) is 28.4. The van der Waals surface area contributed by atoms with Crippen LogP contribution in [0.15, 0.2) is 194 Å². The Hall–Kier alpha value is -6.90. The zero-order chi connectivity index (χ0) is 34.4. The van der Waals surface area contributed by atoms with Gasteiger partial charge in [0.15, 0.2) is 5.82 Å². The predicted molar refractivity (Wildman–Crippen MR) is 219 cm³/mol. The first-order valence-corrected chi connectivity index (χ1v) is 17.7. The molecule has 0 unspecified atom stereocenters. The van der Waals surface area contributed by atoms with Gasteiger partial charge in [-0.2, -0.15) is 0 Å². The number of fused-ring (bicyclic) bond motifs is 5. The quantitative estimate of drug-likeness (QED) is 0.136. The maximum atomic E-state index is 5.05. The summed E-state index contributed by atoms with van der Waals surface area (Å²) in [6, 6.07) is 69.4. The molecular formula is C50H32N2. The van der Waals surface area contributed by atoms with Crippen molar-refractivity contribution in [2.45, 2.75) is 0 Å². The van der Waals surface area contributed by atoms with E-state index >= 15 is 0 Å². The Bertz CT molecular complexity index is 2870. The predicted octanol–water partition coefficient (Wildman–Crippen LogP) is 13.4. The first kappa shape index (κ1) is 30.0. The van der Waals surface area contributed by atoms with Crippen molar-refractivity contribution >= 4 is 43.1 Å². The fraction of sp³-hybridized carbons (Fsp3) is 0. The molecule has 0 bridgehead atoms. The summed E-state index contributed by atoms with van der Waals surface area (Å²) in [4.78, 5) is 10.0. The monoisotopic (exact) mass is 660 g/mol. The highest BCUT2D eigenvalue weighted by Crippen LogP contribution is 2.40. The lowest BCUT2D eigenvalue weighted by Crippen LogP contribution is -1.95. The normalized spacial score (nSPS) is 11.5. The molecule has 1 aromatic heterocycles. The average Bonchev–Trinajstić information content (AvgIpc) is 3.23. The molecule has 0 saturated heterocycles. The molecule has 10 aromatic rings. The van der Waals surface area contributed by atoms with Crippen LogP contribution in [0.2, 0.25) is 0 Å². The molecule has 0 N–H and O–H groups in total. The molecule has 0 aliphatic rings. The molecule has 9 aromatic carbocycles. The highest BCUT2D eigenvalue weighted by atomic mass is 14.9.